The van der Waals surface area contributed by atoms with Gasteiger partial charge in [-0.2, -0.15) is 0 Å². The summed E-state index contributed by atoms with van der Waals surface area (Å²) in [6.07, 6.45) is 2.97. The lowest BCUT2D eigenvalue weighted by molar-refractivity contribution is 0.0713. The molecule has 1 aliphatic rings. The molecule has 2 rings (SSSR count). The van der Waals surface area contributed by atoms with Crippen LogP contribution in [-0.2, 0) is 0 Å². The van der Waals surface area contributed by atoms with Crippen molar-refractivity contribution in [2.24, 2.45) is 5.92 Å². The molecule has 6 heteroatoms. The molecule has 4 N–H and O–H groups in total. The molecular weight excluding hydrogens is 278 g/mol. The van der Waals surface area contributed by atoms with Gasteiger partial charge in [-0.05, 0) is 43.7 Å². The van der Waals surface area contributed by atoms with E-state index in [0.717, 1.165) is 25.0 Å². The molecule has 0 aliphatic heterocycles. The quantitative estimate of drug-likeness (QED) is 0.749. The number of aliphatic hydroxyl groups excluding tert-OH is 1. The second-order valence-corrected chi connectivity index (χ2v) is 5.93. The molecule has 1 aliphatic carbocycles. The third-order valence-corrected chi connectivity index (χ3v) is 4.22. The Kier molecular flexibility index (Phi) is 4.46. The Balaban J connectivity index is 2.21. The minimum atomic E-state index is -0.939. The van der Waals surface area contributed by atoms with Crippen LogP contribution in [0.1, 0.15) is 43.0 Å². The van der Waals surface area contributed by atoms with Crippen LogP contribution in [0.3, 0.4) is 0 Å². The van der Waals surface area contributed by atoms with Gasteiger partial charge in [-0.1, -0.05) is 6.92 Å². The molecule has 0 bridgehead atoms. The summed E-state index contributed by atoms with van der Waals surface area (Å²) < 4.78 is 27.2. The van der Waals surface area contributed by atoms with Crippen LogP contribution in [0.5, 0.6) is 0 Å². The Bertz CT molecular complexity index is 541. The second-order valence-electron chi connectivity index (χ2n) is 5.93. The monoisotopic (exact) mass is 298 g/mol. The van der Waals surface area contributed by atoms with Crippen LogP contribution < -0.4 is 11.1 Å². The fourth-order valence-electron chi connectivity index (χ4n) is 2.72. The molecule has 1 fully saturated rings. The zero-order valence-corrected chi connectivity index (χ0v) is 12.0. The van der Waals surface area contributed by atoms with E-state index >= 15 is 0 Å². The van der Waals surface area contributed by atoms with Gasteiger partial charge in [-0.25, -0.2) is 8.78 Å². The molecule has 116 valence electrons. The van der Waals surface area contributed by atoms with Gasteiger partial charge in [0.2, 0.25) is 0 Å². The largest absolute Gasteiger partial charge is 0.396 e. The lowest BCUT2D eigenvalue weighted by Crippen LogP contribution is -2.53. The lowest BCUT2D eigenvalue weighted by atomic mass is 9.77. The molecule has 0 atom stereocenters. The number of carbonyl (C=O) groups is 1. The van der Waals surface area contributed by atoms with Gasteiger partial charge in [0, 0.05) is 0 Å². The van der Waals surface area contributed by atoms with Crippen molar-refractivity contribution in [2.45, 2.75) is 38.1 Å². The number of nitrogens with one attached hydrogen (secondary N) is 1. The predicted octanol–water partition coefficient (Wildman–Crippen LogP) is 2.22. The number of nitrogens with two attached hydrogens (primary N) is 1. The third-order valence-electron chi connectivity index (χ3n) is 4.22. The fourth-order valence-corrected chi connectivity index (χ4v) is 2.72. The van der Waals surface area contributed by atoms with Gasteiger partial charge in [-0.15, -0.1) is 0 Å². The van der Waals surface area contributed by atoms with Crippen LogP contribution in [0.15, 0.2) is 12.1 Å². The van der Waals surface area contributed by atoms with E-state index in [0.29, 0.717) is 18.8 Å². The minimum Gasteiger partial charge on any atom is -0.396 e. The first-order valence-corrected chi connectivity index (χ1v) is 7.05. The molecular formula is C15H20F2N2O2. The highest BCUT2D eigenvalue weighted by molar-refractivity contribution is 5.96. The number of rotatable bonds is 3. The normalized spacial score (nSPS) is 25.6. The SMILES string of the molecule is CC1CCC(CO)(NC(=O)c2cc(F)cc(N)c2F)CC1. The van der Waals surface area contributed by atoms with Crippen molar-refractivity contribution < 1.29 is 18.7 Å². The van der Waals surface area contributed by atoms with Crippen molar-refractivity contribution in [1.82, 2.24) is 5.32 Å². The maximum Gasteiger partial charge on any atom is 0.254 e. The number of hydrogen-bond donors (Lipinski definition) is 3. The highest BCUT2D eigenvalue weighted by Gasteiger charge is 2.35. The van der Waals surface area contributed by atoms with E-state index < -0.39 is 34.3 Å². The number of hydrogen-bond acceptors (Lipinski definition) is 3. The fraction of sp³-hybridized carbons (Fsp3) is 0.533. The summed E-state index contributed by atoms with van der Waals surface area (Å²) in [5.41, 5.74) is 3.73. The Morgan fingerprint density at radius 3 is 2.62 bits per heavy atom. The van der Waals surface area contributed by atoms with Gasteiger partial charge in [0.15, 0.2) is 5.82 Å². The van der Waals surface area contributed by atoms with E-state index in [4.69, 9.17) is 5.73 Å². The predicted molar refractivity (Wildman–Crippen MR) is 75.7 cm³/mol. The van der Waals surface area contributed by atoms with Crippen LogP contribution in [0.25, 0.3) is 0 Å². The van der Waals surface area contributed by atoms with E-state index in [9.17, 15) is 18.7 Å². The zero-order valence-electron chi connectivity index (χ0n) is 12.0. The maximum absolute atomic E-state index is 13.9. The Labute approximate surface area is 122 Å². The summed E-state index contributed by atoms with van der Waals surface area (Å²) >= 11 is 0. The van der Waals surface area contributed by atoms with Crippen molar-refractivity contribution in [2.75, 3.05) is 12.3 Å². The van der Waals surface area contributed by atoms with Gasteiger partial charge in [0.05, 0.1) is 23.4 Å². The van der Waals surface area contributed by atoms with Crippen LogP contribution in [0.2, 0.25) is 0 Å². The van der Waals surface area contributed by atoms with Crippen LogP contribution in [-0.4, -0.2) is 23.2 Å². The highest BCUT2D eigenvalue weighted by atomic mass is 19.1. The number of nitrogen functional groups attached to an aromatic ring is 1. The molecule has 21 heavy (non-hydrogen) atoms. The Morgan fingerprint density at radius 1 is 1.43 bits per heavy atom. The standard InChI is InChI=1S/C15H20F2N2O2/c1-9-2-4-15(8-20,5-3-9)19-14(21)11-6-10(16)7-12(18)13(11)17/h6-7,9,20H,2-5,8,18H2,1H3,(H,19,21). The first-order valence-electron chi connectivity index (χ1n) is 7.05. The molecule has 1 saturated carbocycles. The summed E-state index contributed by atoms with van der Waals surface area (Å²) in [6.45, 7) is 1.88. The summed E-state index contributed by atoms with van der Waals surface area (Å²) in [4.78, 5) is 12.2. The van der Waals surface area contributed by atoms with E-state index in [-0.39, 0.29) is 6.61 Å². The van der Waals surface area contributed by atoms with Crippen molar-refractivity contribution in [3.05, 3.63) is 29.3 Å². The van der Waals surface area contributed by atoms with Crippen LogP contribution in [0, 0.1) is 17.6 Å². The van der Waals surface area contributed by atoms with Crippen molar-refractivity contribution in [3.8, 4) is 0 Å². The van der Waals surface area contributed by atoms with Crippen molar-refractivity contribution in [3.63, 3.8) is 0 Å². The second kappa shape index (κ2) is 5.97. The van der Waals surface area contributed by atoms with E-state index in [1.165, 1.54) is 0 Å². The van der Waals surface area contributed by atoms with Crippen molar-refractivity contribution in [1.29, 1.82) is 0 Å². The number of amides is 1. The number of carbonyl (C=O) groups excluding carboxylic acids is 1. The maximum atomic E-state index is 13.9. The first-order chi connectivity index (χ1) is 9.87. The van der Waals surface area contributed by atoms with E-state index in [1.54, 1.807) is 0 Å². The van der Waals surface area contributed by atoms with Gasteiger partial charge < -0.3 is 16.2 Å². The molecule has 1 aromatic rings. The average molecular weight is 298 g/mol. The molecule has 0 saturated heterocycles. The minimum absolute atomic E-state index is 0.224. The van der Waals surface area contributed by atoms with E-state index in [2.05, 4.69) is 12.2 Å². The summed E-state index contributed by atoms with van der Waals surface area (Å²) in [5.74, 6) is -1.93. The number of benzene rings is 1. The van der Waals surface area contributed by atoms with E-state index in [1.807, 2.05) is 0 Å². The van der Waals surface area contributed by atoms with Gasteiger partial charge >= 0.3 is 0 Å². The summed E-state index contributed by atoms with van der Waals surface area (Å²) in [5, 5.41) is 12.3. The Hall–Kier alpha value is -1.69. The molecule has 0 spiro atoms. The smallest absolute Gasteiger partial charge is 0.254 e. The lowest BCUT2D eigenvalue weighted by Gasteiger charge is -2.38. The zero-order chi connectivity index (χ0) is 15.6. The summed E-state index contributed by atoms with van der Waals surface area (Å²) in [7, 11) is 0. The van der Waals surface area contributed by atoms with Gasteiger partial charge in [-0.3, -0.25) is 4.79 Å². The first kappa shape index (κ1) is 15.7. The number of anilines is 1. The number of halogens is 2. The summed E-state index contributed by atoms with van der Waals surface area (Å²) in [6, 6.07) is 1.65. The van der Waals surface area contributed by atoms with Gasteiger partial charge in [0.25, 0.3) is 5.91 Å². The number of aliphatic hydroxyl groups is 1. The average Bonchev–Trinajstić information content (AvgIpc) is 2.45. The van der Waals surface area contributed by atoms with Crippen molar-refractivity contribution >= 4 is 11.6 Å². The molecule has 0 heterocycles. The van der Waals surface area contributed by atoms with Crippen LogP contribution >= 0.6 is 0 Å². The Morgan fingerprint density at radius 2 is 2.05 bits per heavy atom. The molecule has 0 unspecified atom stereocenters. The topological polar surface area (TPSA) is 75.3 Å². The highest BCUT2D eigenvalue weighted by Crippen LogP contribution is 2.32. The van der Waals surface area contributed by atoms with Gasteiger partial charge in [0.1, 0.15) is 5.82 Å². The molecule has 1 amide bonds. The molecule has 4 nitrogen and oxygen atoms in total. The molecule has 0 radical (unpaired) electrons. The molecule has 1 aromatic carbocycles. The van der Waals surface area contributed by atoms with Crippen LogP contribution in [0.4, 0.5) is 14.5 Å². The third kappa shape index (κ3) is 3.32. The molecule has 0 aromatic heterocycles.